The molecule has 90 valence electrons. The second kappa shape index (κ2) is 4.40. The van der Waals surface area contributed by atoms with Crippen molar-refractivity contribution in [2.24, 2.45) is 0 Å². The van der Waals surface area contributed by atoms with Gasteiger partial charge in [-0.05, 0) is 36.5 Å². The first kappa shape index (κ1) is 10.6. The highest BCUT2D eigenvalue weighted by atomic mass is 16.5. The Morgan fingerprint density at radius 1 is 1.24 bits per heavy atom. The third-order valence-electron chi connectivity index (χ3n) is 3.70. The average Bonchev–Trinajstić information content (AvgIpc) is 2.39. The molecule has 1 N–H and O–H groups in total. The molecule has 3 nitrogen and oxygen atoms in total. The number of rotatable bonds is 1. The third-order valence-corrected chi connectivity index (χ3v) is 3.70. The van der Waals surface area contributed by atoms with Crippen LogP contribution in [0.1, 0.15) is 37.2 Å². The van der Waals surface area contributed by atoms with E-state index in [2.05, 4.69) is 23.5 Å². The third kappa shape index (κ3) is 2.14. The van der Waals surface area contributed by atoms with Gasteiger partial charge in [-0.2, -0.15) is 0 Å². The van der Waals surface area contributed by atoms with Crippen LogP contribution in [0.15, 0.2) is 18.2 Å². The Hall–Kier alpha value is -1.51. The van der Waals surface area contributed by atoms with E-state index in [9.17, 15) is 4.79 Å². The molecular weight excluding hydrogens is 214 g/mol. The van der Waals surface area contributed by atoms with E-state index in [4.69, 9.17) is 4.74 Å². The molecule has 1 heterocycles. The van der Waals surface area contributed by atoms with E-state index >= 15 is 0 Å². The molecule has 3 rings (SSSR count). The first-order valence-corrected chi connectivity index (χ1v) is 6.35. The monoisotopic (exact) mass is 231 g/mol. The molecule has 0 radical (unpaired) electrons. The molecule has 1 aliphatic heterocycles. The maximum atomic E-state index is 11.2. The van der Waals surface area contributed by atoms with Crippen molar-refractivity contribution in [2.45, 2.75) is 31.6 Å². The van der Waals surface area contributed by atoms with Gasteiger partial charge in [0.05, 0.1) is 5.69 Å². The number of fused-ring (bicyclic) bond motifs is 1. The number of Topliss-reactive ketones (excluding diaryl/α,β-unsaturated/α-hetero) is 1. The van der Waals surface area contributed by atoms with Crippen LogP contribution < -0.4 is 10.1 Å². The predicted octanol–water partition coefficient (Wildman–Crippen LogP) is 2.72. The van der Waals surface area contributed by atoms with E-state index in [1.165, 1.54) is 5.56 Å². The highest BCUT2D eigenvalue weighted by molar-refractivity contribution is 5.79. The van der Waals surface area contributed by atoms with Crippen LogP contribution in [0.5, 0.6) is 5.75 Å². The van der Waals surface area contributed by atoms with Gasteiger partial charge < -0.3 is 10.1 Å². The molecular formula is C14H17NO2. The summed E-state index contributed by atoms with van der Waals surface area (Å²) in [5, 5.41) is 3.32. The van der Waals surface area contributed by atoms with Crippen molar-refractivity contribution in [3.63, 3.8) is 0 Å². The molecule has 0 atom stereocenters. The van der Waals surface area contributed by atoms with Crippen molar-refractivity contribution in [1.29, 1.82) is 0 Å². The summed E-state index contributed by atoms with van der Waals surface area (Å²) in [5.74, 6) is 1.91. The molecule has 3 heteroatoms. The Bertz CT molecular complexity index is 432. The van der Waals surface area contributed by atoms with Crippen LogP contribution in [0, 0.1) is 0 Å². The van der Waals surface area contributed by atoms with Crippen molar-refractivity contribution < 1.29 is 9.53 Å². The standard InChI is InChI=1S/C14H17NO2/c16-12-4-1-10(2-5-12)11-3-6-13-14(9-11)17-8-7-15-13/h3,6,9-10,15H,1-2,4-5,7-8H2. The SMILES string of the molecule is O=C1CCC(c2ccc3c(c2)OCCN3)CC1. The van der Waals surface area contributed by atoms with Crippen molar-refractivity contribution in [2.75, 3.05) is 18.5 Å². The summed E-state index contributed by atoms with van der Waals surface area (Å²) < 4.78 is 5.65. The highest BCUT2D eigenvalue weighted by Gasteiger charge is 2.21. The molecule has 1 aromatic rings. The number of carbonyl (C=O) groups is 1. The van der Waals surface area contributed by atoms with Gasteiger partial charge in [-0.25, -0.2) is 0 Å². The molecule has 1 fully saturated rings. The molecule has 1 aliphatic carbocycles. The van der Waals surface area contributed by atoms with Gasteiger partial charge in [0.1, 0.15) is 18.1 Å². The molecule has 0 bridgehead atoms. The lowest BCUT2D eigenvalue weighted by Crippen LogP contribution is -2.18. The minimum Gasteiger partial charge on any atom is -0.490 e. The number of hydrogen-bond acceptors (Lipinski definition) is 3. The summed E-state index contributed by atoms with van der Waals surface area (Å²) in [6.45, 7) is 1.61. The molecule has 0 amide bonds. The number of hydrogen-bond donors (Lipinski definition) is 1. The fraction of sp³-hybridized carbons (Fsp3) is 0.500. The maximum Gasteiger partial charge on any atom is 0.142 e. The lowest BCUT2D eigenvalue weighted by molar-refractivity contribution is -0.120. The Kier molecular flexibility index (Phi) is 2.75. The molecule has 2 aliphatic rings. The van der Waals surface area contributed by atoms with Gasteiger partial charge in [0.15, 0.2) is 0 Å². The first-order chi connectivity index (χ1) is 8.33. The van der Waals surface area contributed by atoms with E-state index in [0.29, 0.717) is 11.7 Å². The zero-order valence-corrected chi connectivity index (χ0v) is 9.87. The largest absolute Gasteiger partial charge is 0.490 e. The van der Waals surface area contributed by atoms with Crippen LogP contribution in [0.2, 0.25) is 0 Å². The normalized spacial score (nSPS) is 20.4. The molecule has 1 saturated carbocycles. The zero-order valence-electron chi connectivity index (χ0n) is 9.87. The van der Waals surface area contributed by atoms with Crippen LogP contribution >= 0.6 is 0 Å². The van der Waals surface area contributed by atoms with E-state index in [0.717, 1.165) is 50.3 Å². The topological polar surface area (TPSA) is 38.3 Å². The van der Waals surface area contributed by atoms with Crippen LogP contribution in [0.4, 0.5) is 5.69 Å². The van der Waals surface area contributed by atoms with Crippen LogP contribution in [0.25, 0.3) is 0 Å². The molecule has 0 spiro atoms. The Balaban J connectivity index is 1.81. The van der Waals surface area contributed by atoms with E-state index in [1.807, 2.05) is 0 Å². The second-order valence-corrected chi connectivity index (χ2v) is 4.84. The lowest BCUT2D eigenvalue weighted by atomic mass is 9.83. The second-order valence-electron chi connectivity index (χ2n) is 4.84. The molecule has 1 aromatic carbocycles. The van der Waals surface area contributed by atoms with Gasteiger partial charge >= 0.3 is 0 Å². The van der Waals surface area contributed by atoms with Crippen molar-refractivity contribution in [3.8, 4) is 5.75 Å². The predicted molar refractivity (Wildman–Crippen MR) is 66.6 cm³/mol. The van der Waals surface area contributed by atoms with Gasteiger partial charge in [0.2, 0.25) is 0 Å². The van der Waals surface area contributed by atoms with Crippen LogP contribution in [-0.4, -0.2) is 18.9 Å². The molecule has 0 saturated heterocycles. The van der Waals surface area contributed by atoms with E-state index in [1.54, 1.807) is 0 Å². The van der Waals surface area contributed by atoms with Gasteiger partial charge in [-0.1, -0.05) is 6.07 Å². The quantitative estimate of drug-likeness (QED) is 0.807. The summed E-state index contributed by atoms with van der Waals surface area (Å²) in [6, 6.07) is 6.41. The summed E-state index contributed by atoms with van der Waals surface area (Å²) in [4.78, 5) is 11.2. The molecule has 17 heavy (non-hydrogen) atoms. The number of benzene rings is 1. The van der Waals surface area contributed by atoms with Crippen molar-refractivity contribution in [3.05, 3.63) is 23.8 Å². The Labute approximate surface area is 101 Å². The summed E-state index contributed by atoms with van der Waals surface area (Å²) in [7, 11) is 0. The van der Waals surface area contributed by atoms with Gasteiger partial charge in [-0.3, -0.25) is 4.79 Å². The maximum absolute atomic E-state index is 11.2. The highest BCUT2D eigenvalue weighted by Crippen LogP contribution is 2.36. The lowest BCUT2D eigenvalue weighted by Gasteiger charge is -2.24. The van der Waals surface area contributed by atoms with Crippen molar-refractivity contribution in [1.82, 2.24) is 0 Å². The first-order valence-electron chi connectivity index (χ1n) is 6.35. The average molecular weight is 231 g/mol. The van der Waals surface area contributed by atoms with E-state index in [-0.39, 0.29) is 0 Å². The fourth-order valence-electron chi connectivity index (χ4n) is 2.68. The van der Waals surface area contributed by atoms with Crippen LogP contribution in [-0.2, 0) is 4.79 Å². The molecule has 0 aromatic heterocycles. The molecule has 0 unspecified atom stereocenters. The summed E-state index contributed by atoms with van der Waals surface area (Å²) >= 11 is 0. The number of anilines is 1. The van der Waals surface area contributed by atoms with Gasteiger partial charge in [0.25, 0.3) is 0 Å². The Morgan fingerprint density at radius 2 is 2.06 bits per heavy atom. The van der Waals surface area contributed by atoms with E-state index < -0.39 is 0 Å². The minimum absolute atomic E-state index is 0.414. The number of ketones is 1. The van der Waals surface area contributed by atoms with Gasteiger partial charge in [-0.15, -0.1) is 0 Å². The zero-order chi connectivity index (χ0) is 11.7. The number of carbonyl (C=O) groups excluding carboxylic acids is 1. The summed E-state index contributed by atoms with van der Waals surface area (Å²) in [5.41, 5.74) is 2.41. The summed E-state index contributed by atoms with van der Waals surface area (Å²) in [6.07, 6.45) is 3.46. The fourth-order valence-corrected chi connectivity index (χ4v) is 2.68. The smallest absolute Gasteiger partial charge is 0.142 e. The number of ether oxygens (including phenoxy) is 1. The van der Waals surface area contributed by atoms with Crippen molar-refractivity contribution >= 4 is 11.5 Å². The van der Waals surface area contributed by atoms with Gasteiger partial charge in [0, 0.05) is 19.4 Å². The minimum atomic E-state index is 0.414. The Morgan fingerprint density at radius 3 is 2.88 bits per heavy atom. The number of nitrogens with one attached hydrogen (secondary N) is 1. The van der Waals surface area contributed by atoms with Crippen LogP contribution in [0.3, 0.4) is 0 Å².